The number of carboxylic acids is 1. The number of rotatable bonds is 4. The second-order valence-electron chi connectivity index (χ2n) is 5.56. The Kier molecular flexibility index (Phi) is 4.40. The quantitative estimate of drug-likeness (QED) is 0.810. The van der Waals surface area contributed by atoms with Crippen molar-refractivity contribution in [1.82, 2.24) is 9.29 Å². The molecule has 1 atom stereocenters. The van der Waals surface area contributed by atoms with Crippen molar-refractivity contribution in [2.24, 2.45) is 0 Å². The van der Waals surface area contributed by atoms with E-state index in [-0.39, 0.29) is 12.0 Å². The van der Waals surface area contributed by atoms with E-state index < -0.39 is 44.3 Å². The number of hydrogen-bond acceptors (Lipinski definition) is 7. The molecule has 0 amide bonds. The molecule has 0 aromatic carbocycles. The van der Waals surface area contributed by atoms with Crippen molar-refractivity contribution in [3.8, 4) is 0 Å². The molecule has 0 radical (unpaired) electrons. The van der Waals surface area contributed by atoms with Crippen molar-refractivity contribution in [3.63, 3.8) is 0 Å². The third kappa shape index (κ3) is 2.54. The van der Waals surface area contributed by atoms with Gasteiger partial charge in [-0.05, 0) is 31.9 Å². The van der Waals surface area contributed by atoms with E-state index in [9.17, 15) is 28.2 Å². The van der Waals surface area contributed by atoms with Gasteiger partial charge in [0.15, 0.2) is 16.6 Å². The van der Waals surface area contributed by atoms with Crippen LogP contribution in [-0.4, -0.2) is 40.6 Å². The van der Waals surface area contributed by atoms with Gasteiger partial charge in [0.2, 0.25) is 0 Å². The minimum atomic E-state index is -4.45. The third-order valence-electron chi connectivity index (χ3n) is 3.77. The zero-order valence-electron chi connectivity index (χ0n) is 13.7. The Labute approximate surface area is 139 Å². The Balaban J connectivity index is 2.96. The van der Waals surface area contributed by atoms with Gasteiger partial charge >= 0.3 is 0 Å². The monoisotopic (exact) mass is 353 g/mol. The lowest BCUT2D eigenvalue weighted by Crippen LogP contribution is -2.52. The number of hydrogen-bond donors (Lipinski definition) is 1. The molecule has 0 saturated carbocycles. The summed E-state index contributed by atoms with van der Waals surface area (Å²) >= 11 is 0. The highest BCUT2D eigenvalue weighted by atomic mass is 32.2. The van der Waals surface area contributed by atoms with Gasteiger partial charge in [-0.3, -0.25) is 4.79 Å². The van der Waals surface area contributed by atoms with Gasteiger partial charge in [0.05, 0.1) is 17.6 Å². The number of nitrogens with zero attached hydrogens (tertiary/aromatic N) is 2. The molecule has 1 N–H and O–H groups in total. The zero-order valence-corrected chi connectivity index (χ0v) is 14.5. The number of pyridine rings is 1. The number of sulfonamides is 1. The summed E-state index contributed by atoms with van der Waals surface area (Å²) in [6, 6.07) is -0.0690. The van der Waals surface area contributed by atoms with Crippen molar-refractivity contribution < 1.29 is 28.2 Å². The molecule has 0 fully saturated rings. The predicted molar refractivity (Wildman–Crippen MR) is 82.1 cm³/mol. The lowest BCUT2D eigenvalue weighted by Gasteiger charge is -2.36. The Bertz CT molecular complexity index is 872. The number of carboxylic acid groups (broad SMARTS) is 1. The molecule has 8 nitrogen and oxygen atoms in total. The first-order chi connectivity index (χ1) is 11.0. The summed E-state index contributed by atoms with van der Waals surface area (Å²) in [6.07, 6.45) is -0.147. The number of carbonyl (C=O) groups is 2. The minimum Gasteiger partial charge on any atom is -0.548 e. The van der Waals surface area contributed by atoms with Gasteiger partial charge in [-0.25, -0.2) is 9.29 Å². The van der Waals surface area contributed by atoms with Crippen LogP contribution in [0.2, 0.25) is 0 Å². The van der Waals surface area contributed by atoms with E-state index in [0.29, 0.717) is 15.6 Å². The van der Waals surface area contributed by atoms with E-state index in [0.717, 1.165) is 6.92 Å². The number of aromatic nitrogens is 1. The maximum atomic E-state index is 12.9. The van der Waals surface area contributed by atoms with Crippen LogP contribution in [0, 0.1) is 13.8 Å². The summed E-state index contributed by atoms with van der Waals surface area (Å²) in [5.41, 5.74) is 0.122. The molecule has 0 bridgehead atoms. The maximum absolute atomic E-state index is 12.9. The van der Waals surface area contributed by atoms with Gasteiger partial charge in [0.25, 0.3) is 10.0 Å². The van der Waals surface area contributed by atoms with E-state index in [4.69, 9.17) is 0 Å². The van der Waals surface area contributed by atoms with Crippen LogP contribution in [0.5, 0.6) is 0 Å². The molecule has 0 saturated heterocycles. The number of allylic oxidation sites excluding steroid dienone is 1. The topological polar surface area (TPSA) is 128 Å². The van der Waals surface area contributed by atoms with Crippen LogP contribution in [0.15, 0.2) is 16.8 Å². The van der Waals surface area contributed by atoms with Crippen molar-refractivity contribution in [2.75, 3.05) is 0 Å². The van der Waals surface area contributed by atoms with Gasteiger partial charge in [0, 0.05) is 12.6 Å². The molecular weight excluding hydrogens is 336 g/mol. The fourth-order valence-electron chi connectivity index (χ4n) is 2.79. The molecule has 2 heterocycles. The highest BCUT2D eigenvalue weighted by molar-refractivity contribution is 7.89. The van der Waals surface area contributed by atoms with Crippen molar-refractivity contribution >= 4 is 27.5 Å². The van der Waals surface area contributed by atoms with Crippen molar-refractivity contribution in [3.05, 3.63) is 28.6 Å². The Morgan fingerprint density at radius 3 is 2.42 bits per heavy atom. The molecule has 1 aromatic rings. The average molecular weight is 353 g/mol. The Morgan fingerprint density at radius 2 is 1.96 bits per heavy atom. The van der Waals surface area contributed by atoms with Gasteiger partial charge in [-0.15, -0.1) is 0 Å². The van der Waals surface area contributed by atoms with E-state index >= 15 is 0 Å². The molecule has 1 aliphatic heterocycles. The average Bonchev–Trinajstić information content (AvgIpc) is 2.43. The zero-order chi connectivity index (χ0) is 18.4. The maximum Gasteiger partial charge on any atom is 0.283 e. The van der Waals surface area contributed by atoms with Gasteiger partial charge < -0.3 is 15.0 Å². The number of carbonyl (C=O) groups excluding carboxylic acids is 2. The number of aliphatic hydroxyl groups excluding tert-OH is 1. The van der Waals surface area contributed by atoms with Crippen molar-refractivity contribution in [1.29, 1.82) is 0 Å². The van der Waals surface area contributed by atoms with Crippen LogP contribution in [-0.2, 0) is 19.6 Å². The van der Waals surface area contributed by atoms with E-state index in [1.54, 1.807) is 19.9 Å². The molecule has 9 heteroatoms. The van der Waals surface area contributed by atoms with Crippen LogP contribution in [0.4, 0.5) is 0 Å². The summed E-state index contributed by atoms with van der Waals surface area (Å²) in [4.78, 5) is 27.3. The van der Waals surface area contributed by atoms with Crippen LogP contribution in [0.25, 0.3) is 5.76 Å². The molecule has 0 spiro atoms. The van der Waals surface area contributed by atoms with Crippen LogP contribution >= 0.6 is 0 Å². The van der Waals surface area contributed by atoms with Crippen LogP contribution in [0.1, 0.15) is 37.1 Å². The first-order valence-electron chi connectivity index (χ1n) is 7.22. The summed E-state index contributed by atoms with van der Waals surface area (Å²) in [7, 11) is -4.45. The number of ketones is 1. The highest BCUT2D eigenvalue weighted by Crippen LogP contribution is 2.38. The fraction of sp³-hybridized carbons (Fsp3) is 0.400. The van der Waals surface area contributed by atoms with E-state index in [1.807, 2.05) is 0 Å². The smallest absolute Gasteiger partial charge is 0.283 e. The first-order valence-corrected chi connectivity index (χ1v) is 8.66. The van der Waals surface area contributed by atoms with Crippen molar-refractivity contribution in [2.45, 2.75) is 45.2 Å². The van der Waals surface area contributed by atoms with E-state index in [1.165, 1.54) is 6.92 Å². The van der Waals surface area contributed by atoms with Crippen LogP contribution in [0.3, 0.4) is 0 Å². The standard InChI is InChI=1S/C15H18N2O6S/c1-5-10(15(20)21)17-12(9(4)18)13(19)11-7(2)6-8(3)16-14(11)24(17,22)23/h6,10,19H,5H2,1-4H3,(H,20,21)/p-1. The lowest BCUT2D eigenvalue weighted by atomic mass is 10.0. The molecule has 1 unspecified atom stereocenters. The van der Waals surface area contributed by atoms with Gasteiger partial charge in [-0.2, -0.15) is 8.42 Å². The molecule has 130 valence electrons. The van der Waals surface area contributed by atoms with E-state index in [2.05, 4.69) is 4.98 Å². The second-order valence-corrected chi connectivity index (χ2v) is 7.29. The molecule has 1 aromatic heterocycles. The molecule has 0 aliphatic carbocycles. The summed E-state index contributed by atoms with van der Waals surface area (Å²) in [6.45, 7) is 5.64. The number of Topliss-reactive ketones (excluding diaryl/α,β-unsaturated/α-hetero) is 1. The number of fused-ring (bicyclic) bond motifs is 1. The summed E-state index contributed by atoms with van der Waals surface area (Å²) < 4.78 is 26.3. The number of aliphatic hydroxyl groups is 1. The number of aryl methyl sites for hydroxylation is 2. The Hall–Kier alpha value is -2.42. The fourth-order valence-corrected chi connectivity index (χ4v) is 4.77. The second kappa shape index (κ2) is 5.90. The Morgan fingerprint density at radius 1 is 1.38 bits per heavy atom. The summed E-state index contributed by atoms with van der Waals surface area (Å²) in [5, 5.41) is 21.4. The minimum absolute atomic E-state index is 0.0877. The molecular formula is C15H17N2O6S-. The normalized spacial score (nSPS) is 17.4. The van der Waals surface area contributed by atoms with Crippen LogP contribution < -0.4 is 5.11 Å². The summed E-state index contributed by atoms with van der Waals surface area (Å²) in [5.74, 6) is -3.04. The molecule has 24 heavy (non-hydrogen) atoms. The molecule has 2 rings (SSSR count). The van der Waals surface area contributed by atoms with Gasteiger partial charge in [0.1, 0.15) is 5.70 Å². The third-order valence-corrected chi connectivity index (χ3v) is 5.51. The molecule has 1 aliphatic rings. The lowest BCUT2D eigenvalue weighted by molar-refractivity contribution is -0.310. The SMILES string of the molecule is CCC(C(=O)[O-])N1C(C(C)=O)=C(O)c2c(C)cc(C)nc2S1(=O)=O. The number of aliphatic carboxylic acids is 1. The predicted octanol–water partition coefficient (Wildman–Crippen LogP) is 0.0468. The largest absolute Gasteiger partial charge is 0.548 e. The van der Waals surface area contributed by atoms with Gasteiger partial charge in [-0.1, -0.05) is 6.92 Å². The first kappa shape index (κ1) is 17.9. The highest BCUT2D eigenvalue weighted by Gasteiger charge is 2.44.